The maximum absolute atomic E-state index is 11.8. The van der Waals surface area contributed by atoms with Crippen LogP contribution in [0.15, 0.2) is 6.33 Å². The first kappa shape index (κ1) is 15.1. The van der Waals surface area contributed by atoms with E-state index in [0.29, 0.717) is 31.6 Å². The number of carbonyl (C=O) groups is 2. The van der Waals surface area contributed by atoms with Crippen LogP contribution in [-0.4, -0.2) is 38.7 Å². The van der Waals surface area contributed by atoms with E-state index in [1.807, 2.05) is 0 Å². The van der Waals surface area contributed by atoms with E-state index in [4.69, 9.17) is 0 Å². The van der Waals surface area contributed by atoms with Crippen molar-refractivity contribution < 1.29 is 14.7 Å². The summed E-state index contributed by atoms with van der Waals surface area (Å²) in [5.74, 6) is -0.468. The third-order valence-corrected chi connectivity index (χ3v) is 3.46. The first-order valence-corrected chi connectivity index (χ1v) is 6.38. The normalized spacial score (nSPS) is 11.3. The molecule has 7 nitrogen and oxygen atoms in total. The Bertz CT molecular complexity index is 413. The van der Waals surface area contributed by atoms with Crippen molar-refractivity contribution in [2.45, 2.75) is 39.5 Å². The molecule has 7 heteroatoms. The molecule has 0 saturated carbocycles. The number of carbonyl (C=O) groups excluding carboxylic acids is 1. The van der Waals surface area contributed by atoms with Crippen molar-refractivity contribution in [1.29, 1.82) is 0 Å². The third-order valence-electron chi connectivity index (χ3n) is 3.46. The Labute approximate surface area is 111 Å². The van der Waals surface area contributed by atoms with Gasteiger partial charge in [-0.15, -0.1) is 0 Å². The number of aromatic amines is 1. The minimum atomic E-state index is -0.962. The number of amides is 1. The van der Waals surface area contributed by atoms with Gasteiger partial charge in [0.1, 0.15) is 12.2 Å². The van der Waals surface area contributed by atoms with Gasteiger partial charge in [0.2, 0.25) is 5.91 Å². The zero-order valence-electron chi connectivity index (χ0n) is 11.3. The lowest BCUT2D eigenvalue weighted by Crippen LogP contribution is -2.37. The Kier molecular flexibility index (Phi) is 5.47. The fourth-order valence-corrected chi connectivity index (χ4v) is 1.92. The van der Waals surface area contributed by atoms with Crippen LogP contribution in [0.2, 0.25) is 0 Å². The second-order valence-corrected chi connectivity index (χ2v) is 4.50. The third kappa shape index (κ3) is 4.04. The number of hydrogen-bond donors (Lipinski definition) is 3. The molecular weight excluding hydrogens is 248 g/mol. The molecule has 1 amide bonds. The molecule has 0 atom stereocenters. The molecule has 1 heterocycles. The summed E-state index contributed by atoms with van der Waals surface area (Å²) >= 11 is 0. The molecule has 0 aliphatic rings. The summed E-state index contributed by atoms with van der Waals surface area (Å²) < 4.78 is 0. The van der Waals surface area contributed by atoms with Gasteiger partial charge in [0.25, 0.3) is 0 Å². The summed E-state index contributed by atoms with van der Waals surface area (Å²) in [6.45, 7) is 4.00. The van der Waals surface area contributed by atoms with Crippen LogP contribution in [0.5, 0.6) is 0 Å². The number of rotatable bonds is 8. The highest BCUT2D eigenvalue weighted by Crippen LogP contribution is 2.30. The average Bonchev–Trinajstić information content (AvgIpc) is 2.89. The van der Waals surface area contributed by atoms with Gasteiger partial charge in [-0.3, -0.25) is 14.7 Å². The molecule has 0 aliphatic heterocycles. The van der Waals surface area contributed by atoms with Crippen molar-refractivity contribution in [3.05, 3.63) is 12.2 Å². The van der Waals surface area contributed by atoms with Crippen molar-refractivity contribution in [1.82, 2.24) is 20.5 Å². The SMILES string of the molecule is CCC(CC)(CC(=O)NCCc1ncn[nH]1)C(=O)O. The Balaban J connectivity index is 2.43. The number of aliphatic carboxylic acids is 1. The van der Waals surface area contributed by atoms with Gasteiger partial charge in [0.15, 0.2) is 0 Å². The van der Waals surface area contributed by atoms with Crippen molar-refractivity contribution in [3.63, 3.8) is 0 Å². The van der Waals surface area contributed by atoms with Crippen LogP contribution >= 0.6 is 0 Å². The summed E-state index contributed by atoms with van der Waals surface area (Å²) in [7, 11) is 0. The molecule has 0 aliphatic carbocycles. The number of aromatic nitrogens is 3. The molecule has 0 unspecified atom stereocenters. The van der Waals surface area contributed by atoms with Gasteiger partial charge < -0.3 is 10.4 Å². The van der Waals surface area contributed by atoms with Gasteiger partial charge in [-0.2, -0.15) is 5.10 Å². The summed E-state index contributed by atoms with van der Waals surface area (Å²) in [6, 6.07) is 0. The summed E-state index contributed by atoms with van der Waals surface area (Å²) in [5, 5.41) is 18.4. The van der Waals surface area contributed by atoms with Crippen LogP contribution < -0.4 is 5.32 Å². The zero-order valence-corrected chi connectivity index (χ0v) is 11.3. The first-order chi connectivity index (χ1) is 9.04. The van der Waals surface area contributed by atoms with Crippen LogP contribution in [-0.2, 0) is 16.0 Å². The van der Waals surface area contributed by atoms with Gasteiger partial charge in [-0.25, -0.2) is 4.98 Å². The predicted molar refractivity (Wildman–Crippen MR) is 68.4 cm³/mol. The van der Waals surface area contributed by atoms with Crippen molar-refractivity contribution >= 4 is 11.9 Å². The zero-order chi connectivity index (χ0) is 14.3. The highest BCUT2D eigenvalue weighted by Gasteiger charge is 2.36. The van der Waals surface area contributed by atoms with E-state index in [-0.39, 0.29) is 12.3 Å². The van der Waals surface area contributed by atoms with Crippen molar-refractivity contribution in [2.75, 3.05) is 6.54 Å². The van der Waals surface area contributed by atoms with Gasteiger partial charge >= 0.3 is 5.97 Å². The molecule has 0 fully saturated rings. The monoisotopic (exact) mass is 268 g/mol. The number of hydrogen-bond acceptors (Lipinski definition) is 4. The van der Waals surface area contributed by atoms with Crippen LogP contribution in [0.3, 0.4) is 0 Å². The topological polar surface area (TPSA) is 108 Å². The summed E-state index contributed by atoms with van der Waals surface area (Å²) in [6.07, 6.45) is 2.83. The highest BCUT2D eigenvalue weighted by atomic mass is 16.4. The van der Waals surface area contributed by atoms with Gasteiger partial charge in [0, 0.05) is 19.4 Å². The fourth-order valence-electron chi connectivity index (χ4n) is 1.92. The number of nitrogens with one attached hydrogen (secondary N) is 2. The Morgan fingerprint density at radius 3 is 2.58 bits per heavy atom. The van der Waals surface area contributed by atoms with E-state index in [2.05, 4.69) is 20.5 Å². The minimum absolute atomic E-state index is 0.00569. The molecule has 0 bridgehead atoms. The number of carboxylic acids is 1. The van der Waals surface area contributed by atoms with Crippen LogP contribution in [0.25, 0.3) is 0 Å². The second-order valence-electron chi connectivity index (χ2n) is 4.50. The van der Waals surface area contributed by atoms with Gasteiger partial charge in [-0.05, 0) is 12.8 Å². The van der Waals surface area contributed by atoms with E-state index in [1.165, 1.54) is 6.33 Å². The molecule has 1 aromatic rings. The van der Waals surface area contributed by atoms with Gasteiger partial charge in [0.05, 0.1) is 5.41 Å². The van der Waals surface area contributed by atoms with Crippen molar-refractivity contribution in [2.24, 2.45) is 5.41 Å². The largest absolute Gasteiger partial charge is 0.481 e. The van der Waals surface area contributed by atoms with E-state index in [9.17, 15) is 14.7 Å². The maximum atomic E-state index is 11.8. The molecule has 1 aromatic heterocycles. The minimum Gasteiger partial charge on any atom is -0.481 e. The molecule has 0 radical (unpaired) electrons. The van der Waals surface area contributed by atoms with E-state index in [0.717, 1.165) is 0 Å². The Morgan fingerprint density at radius 1 is 1.42 bits per heavy atom. The lowest BCUT2D eigenvalue weighted by Gasteiger charge is -2.25. The Hall–Kier alpha value is -1.92. The quantitative estimate of drug-likeness (QED) is 0.644. The van der Waals surface area contributed by atoms with Crippen LogP contribution in [0, 0.1) is 5.41 Å². The second kappa shape index (κ2) is 6.86. The highest BCUT2D eigenvalue weighted by molar-refractivity contribution is 5.84. The standard InChI is InChI=1S/C12H20N4O3/c1-3-12(4-2,11(18)19)7-10(17)13-6-5-9-14-8-15-16-9/h8H,3-7H2,1-2H3,(H,13,17)(H,18,19)(H,14,15,16). The molecule has 0 spiro atoms. The van der Waals surface area contributed by atoms with E-state index in [1.54, 1.807) is 13.8 Å². The van der Waals surface area contributed by atoms with E-state index >= 15 is 0 Å². The van der Waals surface area contributed by atoms with Crippen LogP contribution in [0.4, 0.5) is 0 Å². The number of carboxylic acid groups (broad SMARTS) is 1. The maximum Gasteiger partial charge on any atom is 0.310 e. The molecule has 106 valence electrons. The lowest BCUT2D eigenvalue weighted by atomic mass is 9.79. The molecule has 3 N–H and O–H groups in total. The lowest BCUT2D eigenvalue weighted by molar-refractivity contribution is -0.152. The fraction of sp³-hybridized carbons (Fsp3) is 0.667. The molecule has 0 saturated heterocycles. The van der Waals surface area contributed by atoms with Gasteiger partial charge in [-0.1, -0.05) is 13.8 Å². The number of nitrogens with zero attached hydrogens (tertiary/aromatic N) is 2. The van der Waals surface area contributed by atoms with Crippen LogP contribution in [0.1, 0.15) is 38.9 Å². The number of H-pyrrole nitrogens is 1. The predicted octanol–water partition coefficient (Wildman–Crippen LogP) is 0.744. The molecule has 19 heavy (non-hydrogen) atoms. The molecule has 1 rings (SSSR count). The summed E-state index contributed by atoms with van der Waals surface area (Å²) in [4.78, 5) is 27.0. The van der Waals surface area contributed by atoms with E-state index < -0.39 is 11.4 Å². The molecular formula is C12H20N4O3. The smallest absolute Gasteiger partial charge is 0.310 e. The van der Waals surface area contributed by atoms with Crippen molar-refractivity contribution in [3.8, 4) is 0 Å². The summed E-state index contributed by atoms with van der Waals surface area (Å²) in [5.41, 5.74) is -0.962. The molecule has 0 aromatic carbocycles. The average molecular weight is 268 g/mol. The Morgan fingerprint density at radius 2 is 2.11 bits per heavy atom. The first-order valence-electron chi connectivity index (χ1n) is 6.38.